The van der Waals surface area contributed by atoms with E-state index in [-0.39, 0.29) is 11.9 Å². The van der Waals surface area contributed by atoms with Crippen molar-refractivity contribution in [1.29, 1.82) is 0 Å². The van der Waals surface area contributed by atoms with Gasteiger partial charge in [-0.15, -0.1) is 0 Å². The number of hydrogen-bond acceptors (Lipinski definition) is 2. The van der Waals surface area contributed by atoms with E-state index in [2.05, 4.69) is 24.3 Å². The summed E-state index contributed by atoms with van der Waals surface area (Å²) in [5.41, 5.74) is 4.29. The Kier molecular flexibility index (Phi) is 3.32. The first kappa shape index (κ1) is 13.9. The molecule has 3 rings (SSSR count). The summed E-state index contributed by atoms with van der Waals surface area (Å²) in [7, 11) is 0. The molecule has 0 N–H and O–H groups in total. The standard InChI is InChI=1S/C19H19O2/c1-19(2,3)21-18(20)12-17-15-10-6-4-8-13(15)14-9-5-7-11-16(14)17/h4-12,17H,1-3H3. The second-order valence-corrected chi connectivity index (χ2v) is 6.35. The molecule has 0 saturated heterocycles. The van der Waals surface area contributed by atoms with Gasteiger partial charge in [-0.3, -0.25) is 4.79 Å². The SMILES string of the molecule is CC(C)(C)OC(=O)[CH]C1c2ccccc2-c2ccccc21. The van der Waals surface area contributed by atoms with E-state index in [0.29, 0.717) is 0 Å². The number of carbonyl (C=O) groups excluding carboxylic acids is 1. The predicted octanol–water partition coefficient (Wildman–Crippen LogP) is 4.34. The van der Waals surface area contributed by atoms with Crippen molar-refractivity contribution in [3.8, 4) is 11.1 Å². The van der Waals surface area contributed by atoms with Crippen molar-refractivity contribution in [3.63, 3.8) is 0 Å². The van der Waals surface area contributed by atoms with Gasteiger partial charge >= 0.3 is 5.97 Å². The number of rotatable bonds is 2. The molecule has 0 amide bonds. The minimum atomic E-state index is -0.467. The lowest BCUT2D eigenvalue weighted by atomic mass is 9.93. The second kappa shape index (κ2) is 5.03. The minimum absolute atomic E-state index is 0.0211. The van der Waals surface area contributed by atoms with E-state index in [1.165, 1.54) is 22.3 Å². The normalized spacial score (nSPS) is 13.7. The van der Waals surface area contributed by atoms with Crippen molar-refractivity contribution in [2.45, 2.75) is 32.3 Å². The zero-order valence-corrected chi connectivity index (χ0v) is 12.6. The summed E-state index contributed by atoms with van der Waals surface area (Å²) < 4.78 is 5.44. The monoisotopic (exact) mass is 279 g/mol. The first-order chi connectivity index (χ1) is 9.96. The quantitative estimate of drug-likeness (QED) is 0.764. The molecule has 1 aliphatic rings. The van der Waals surface area contributed by atoms with Crippen molar-refractivity contribution in [2.75, 3.05) is 0 Å². The van der Waals surface area contributed by atoms with Gasteiger partial charge in [0.25, 0.3) is 0 Å². The van der Waals surface area contributed by atoms with Crippen LogP contribution in [0.3, 0.4) is 0 Å². The minimum Gasteiger partial charge on any atom is -0.460 e. The fraction of sp³-hybridized carbons (Fsp3) is 0.263. The molecule has 2 heteroatoms. The number of carbonyl (C=O) groups is 1. The summed E-state index contributed by atoms with van der Waals surface area (Å²) >= 11 is 0. The maximum Gasteiger partial charge on any atom is 0.311 e. The molecule has 0 aliphatic heterocycles. The van der Waals surface area contributed by atoms with E-state index in [4.69, 9.17) is 4.74 Å². The fourth-order valence-corrected chi connectivity index (χ4v) is 2.85. The first-order valence-electron chi connectivity index (χ1n) is 7.22. The van der Waals surface area contributed by atoms with Crippen LogP contribution in [-0.2, 0) is 9.53 Å². The van der Waals surface area contributed by atoms with Gasteiger partial charge in [-0.1, -0.05) is 48.5 Å². The highest BCUT2D eigenvalue weighted by atomic mass is 16.6. The summed E-state index contributed by atoms with van der Waals surface area (Å²) in [5, 5.41) is 0. The molecule has 0 aromatic heterocycles. The number of ether oxygens (including phenoxy) is 1. The fourth-order valence-electron chi connectivity index (χ4n) is 2.85. The van der Waals surface area contributed by atoms with Crippen molar-refractivity contribution < 1.29 is 9.53 Å². The van der Waals surface area contributed by atoms with Crippen molar-refractivity contribution in [2.24, 2.45) is 0 Å². The van der Waals surface area contributed by atoms with Crippen LogP contribution in [0.15, 0.2) is 48.5 Å². The molecule has 2 nitrogen and oxygen atoms in total. The number of esters is 1. The van der Waals surface area contributed by atoms with E-state index in [1.54, 1.807) is 6.42 Å². The number of benzene rings is 2. The van der Waals surface area contributed by atoms with Gasteiger partial charge in [-0.25, -0.2) is 0 Å². The van der Waals surface area contributed by atoms with Gasteiger partial charge < -0.3 is 4.74 Å². The van der Waals surface area contributed by atoms with Crippen LogP contribution in [0.4, 0.5) is 0 Å². The zero-order valence-electron chi connectivity index (χ0n) is 12.6. The Bertz CT molecular complexity index is 634. The molecule has 1 aliphatic carbocycles. The summed E-state index contributed by atoms with van der Waals surface area (Å²) in [6.45, 7) is 5.65. The van der Waals surface area contributed by atoms with Crippen molar-refractivity contribution >= 4 is 5.97 Å². The largest absolute Gasteiger partial charge is 0.460 e. The van der Waals surface area contributed by atoms with Gasteiger partial charge in [0.05, 0.1) is 6.42 Å². The van der Waals surface area contributed by atoms with Gasteiger partial charge in [-0.2, -0.15) is 0 Å². The second-order valence-electron chi connectivity index (χ2n) is 6.35. The third kappa shape index (κ3) is 2.71. The summed E-state index contributed by atoms with van der Waals surface area (Å²) in [5.74, 6) is -0.286. The lowest BCUT2D eigenvalue weighted by Gasteiger charge is -2.21. The van der Waals surface area contributed by atoms with Crippen LogP contribution in [0.2, 0.25) is 0 Å². The van der Waals surface area contributed by atoms with Crippen LogP contribution < -0.4 is 0 Å². The Morgan fingerprint density at radius 3 is 1.90 bits per heavy atom. The average molecular weight is 279 g/mol. The number of fused-ring (bicyclic) bond motifs is 3. The van der Waals surface area contributed by atoms with Crippen molar-refractivity contribution in [3.05, 3.63) is 66.1 Å². The maximum absolute atomic E-state index is 12.2. The summed E-state index contributed by atoms with van der Waals surface area (Å²) in [6.07, 6.45) is 1.69. The van der Waals surface area contributed by atoms with E-state index >= 15 is 0 Å². The molecule has 0 bridgehead atoms. The molecule has 21 heavy (non-hydrogen) atoms. The lowest BCUT2D eigenvalue weighted by molar-refractivity contribution is -0.150. The highest BCUT2D eigenvalue weighted by Gasteiger charge is 2.31. The summed E-state index contributed by atoms with van der Waals surface area (Å²) in [6, 6.07) is 16.5. The van der Waals surface area contributed by atoms with Crippen LogP contribution in [-0.4, -0.2) is 11.6 Å². The smallest absolute Gasteiger partial charge is 0.311 e. The molecule has 0 fully saturated rings. The molecule has 0 saturated carbocycles. The Morgan fingerprint density at radius 2 is 1.43 bits per heavy atom. The topological polar surface area (TPSA) is 26.3 Å². The van der Waals surface area contributed by atoms with Gasteiger partial charge in [0.15, 0.2) is 0 Å². The van der Waals surface area contributed by atoms with Gasteiger partial charge in [0.2, 0.25) is 0 Å². The van der Waals surface area contributed by atoms with Crippen LogP contribution in [0, 0.1) is 6.42 Å². The molecule has 0 heterocycles. The molecule has 107 valence electrons. The third-order valence-corrected chi connectivity index (χ3v) is 3.59. The van der Waals surface area contributed by atoms with Crippen LogP contribution >= 0.6 is 0 Å². The van der Waals surface area contributed by atoms with Gasteiger partial charge in [0, 0.05) is 5.92 Å². The molecule has 0 unspecified atom stereocenters. The molecule has 2 aromatic rings. The Hall–Kier alpha value is -2.09. The zero-order chi connectivity index (χ0) is 15.0. The lowest BCUT2D eigenvalue weighted by Crippen LogP contribution is -2.25. The van der Waals surface area contributed by atoms with E-state index in [9.17, 15) is 4.79 Å². The number of hydrogen-bond donors (Lipinski definition) is 0. The maximum atomic E-state index is 12.2. The molecule has 0 spiro atoms. The molecule has 0 atom stereocenters. The Morgan fingerprint density at radius 1 is 0.952 bits per heavy atom. The summed E-state index contributed by atoms with van der Waals surface area (Å²) in [4.78, 5) is 12.2. The predicted molar refractivity (Wildman–Crippen MR) is 83.9 cm³/mol. The van der Waals surface area contributed by atoms with E-state index in [0.717, 1.165) is 0 Å². The molecular weight excluding hydrogens is 260 g/mol. The van der Waals surface area contributed by atoms with Gasteiger partial charge in [-0.05, 0) is 43.0 Å². The van der Waals surface area contributed by atoms with Gasteiger partial charge in [0.1, 0.15) is 5.60 Å². The third-order valence-electron chi connectivity index (χ3n) is 3.59. The highest BCUT2D eigenvalue weighted by molar-refractivity contribution is 5.87. The average Bonchev–Trinajstić information content (AvgIpc) is 2.72. The molecule has 1 radical (unpaired) electrons. The van der Waals surface area contributed by atoms with Crippen LogP contribution in [0.25, 0.3) is 11.1 Å². The van der Waals surface area contributed by atoms with Crippen LogP contribution in [0.5, 0.6) is 0 Å². The molecular formula is C19H19O2. The molecule has 2 aromatic carbocycles. The van der Waals surface area contributed by atoms with Crippen molar-refractivity contribution in [1.82, 2.24) is 0 Å². The van der Waals surface area contributed by atoms with E-state index < -0.39 is 5.60 Å². The Balaban J connectivity index is 1.94. The highest BCUT2D eigenvalue weighted by Crippen LogP contribution is 2.45. The first-order valence-corrected chi connectivity index (χ1v) is 7.22. The van der Waals surface area contributed by atoms with Crippen LogP contribution in [0.1, 0.15) is 37.8 Å². The Labute approximate surface area is 125 Å². The van der Waals surface area contributed by atoms with E-state index in [1.807, 2.05) is 45.0 Å².